The highest BCUT2D eigenvalue weighted by atomic mass is 127. The van der Waals surface area contributed by atoms with E-state index in [0.717, 1.165) is 30.7 Å². The summed E-state index contributed by atoms with van der Waals surface area (Å²) in [6, 6.07) is 9.76. The van der Waals surface area contributed by atoms with Crippen molar-refractivity contribution in [2.24, 2.45) is 4.99 Å². The Hall–Kier alpha value is -2.57. The van der Waals surface area contributed by atoms with Crippen LogP contribution in [-0.2, 0) is 12.6 Å². The van der Waals surface area contributed by atoms with Gasteiger partial charge in [-0.15, -0.1) is 24.0 Å². The number of alkyl halides is 3. The largest absolute Gasteiger partial charge is 0.417 e. The van der Waals surface area contributed by atoms with Gasteiger partial charge in [-0.3, -0.25) is 9.79 Å². The van der Waals surface area contributed by atoms with Crippen LogP contribution >= 0.6 is 24.0 Å². The smallest absolute Gasteiger partial charge is 0.370 e. The average Bonchev–Trinajstić information content (AvgIpc) is 2.77. The van der Waals surface area contributed by atoms with Crippen LogP contribution in [0, 0.1) is 0 Å². The lowest BCUT2D eigenvalue weighted by molar-refractivity contribution is -0.137. The summed E-state index contributed by atoms with van der Waals surface area (Å²) in [5, 5.41) is 12.0. The molecule has 11 heteroatoms. The average molecular weight is 564 g/mol. The molecule has 0 radical (unpaired) electrons. The highest BCUT2D eigenvalue weighted by molar-refractivity contribution is 14.0. The third-order valence-electron chi connectivity index (χ3n) is 4.39. The van der Waals surface area contributed by atoms with Gasteiger partial charge in [0.2, 0.25) is 0 Å². The number of hydrogen-bond donors (Lipinski definition) is 4. The van der Waals surface area contributed by atoms with Crippen LogP contribution < -0.4 is 21.3 Å². The molecule has 1 aromatic carbocycles. The second-order valence-corrected chi connectivity index (χ2v) is 6.67. The van der Waals surface area contributed by atoms with Crippen molar-refractivity contribution in [2.45, 2.75) is 19.0 Å². The number of guanidine groups is 1. The van der Waals surface area contributed by atoms with Gasteiger partial charge in [-0.05, 0) is 42.7 Å². The van der Waals surface area contributed by atoms with E-state index < -0.39 is 11.7 Å². The normalized spacial score (nSPS) is 11.3. The van der Waals surface area contributed by atoms with E-state index in [-0.39, 0.29) is 29.9 Å². The van der Waals surface area contributed by atoms with Crippen molar-refractivity contribution in [1.82, 2.24) is 20.9 Å². The molecule has 1 heterocycles. The molecule has 0 atom stereocenters. The SMILES string of the molecule is CN=C(NCCCNc1ccc(C(F)(F)F)cn1)NCCc1cccc(C(=O)NC)c1.I. The number of nitrogens with one attached hydrogen (secondary N) is 4. The summed E-state index contributed by atoms with van der Waals surface area (Å²) in [5.41, 5.74) is 0.893. The summed E-state index contributed by atoms with van der Waals surface area (Å²) in [6.45, 7) is 1.82. The number of aromatic nitrogens is 1. The van der Waals surface area contributed by atoms with Crippen LogP contribution in [0.15, 0.2) is 47.6 Å². The molecular formula is C21H28F3IN6O. The fourth-order valence-corrected chi connectivity index (χ4v) is 2.74. The Bertz CT molecular complexity index is 875. The molecule has 1 aromatic heterocycles. The first kappa shape index (κ1) is 27.5. The van der Waals surface area contributed by atoms with E-state index in [2.05, 4.69) is 31.2 Å². The van der Waals surface area contributed by atoms with Crippen LogP contribution in [-0.4, -0.2) is 50.6 Å². The van der Waals surface area contributed by atoms with E-state index >= 15 is 0 Å². The van der Waals surface area contributed by atoms with Gasteiger partial charge in [0.15, 0.2) is 5.96 Å². The van der Waals surface area contributed by atoms with Gasteiger partial charge in [0.1, 0.15) is 5.82 Å². The van der Waals surface area contributed by atoms with Gasteiger partial charge in [-0.1, -0.05) is 12.1 Å². The first-order chi connectivity index (χ1) is 14.8. The number of pyridine rings is 1. The number of benzene rings is 1. The molecule has 0 aliphatic heterocycles. The molecule has 0 fully saturated rings. The number of aliphatic imine (C=N–C) groups is 1. The number of nitrogens with zero attached hydrogens (tertiary/aromatic N) is 2. The van der Waals surface area contributed by atoms with E-state index in [1.807, 2.05) is 18.2 Å². The number of anilines is 1. The molecule has 0 spiro atoms. The van der Waals surface area contributed by atoms with E-state index in [9.17, 15) is 18.0 Å². The lowest BCUT2D eigenvalue weighted by Gasteiger charge is -2.13. The minimum absolute atomic E-state index is 0. The Morgan fingerprint density at radius 1 is 1.09 bits per heavy atom. The fraction of sp³-hybridized carbons (Fsp3) is 0.381. The predicted octanol–water partition coefficient (Wildman–Crippen LogP) is 3.29. The molecule has 4 N–H and O–H groups in total. The zero-order valence-electron chi connectivity index (χ0n) is 17.9. The summed E-state index contributed by atoms with van der Waals surface area (Å²) in [6.07, 6.45) is -2.12. The molecule has 1 amide bonds. The molecule has 0 saturated carbocycles. The Morgan fingerprint density at radius 3 is 2.47 bits per heavy atom. The second-order valence-electron chi connectivity index (χ2n) is 6.67. The van der Waals surface area contributed by atoms with Gasteiger partial charge in [-0.25, -0.2) is 4.98 Å². The van der Waals surface area contributed by atoms with Gasteiger partial charge in [0, 0.05) is 45.5 Å². The molecule has 2 rings (SSSR count). The highest BCUT2D eigenvalue weighted by Crippen LogP contribution is 2.28. The quantitative estimate of drug-likeness (QED) is 0.163. The van der Waals surface area contributed by atoms with Crippen molar-refractivity contribution in [3.05, 3.63) is 59.3 Å². The maximum Gasteiger partial charge on any atom is 0.417 e. The minimum Gasteiger partial charge on any atom is -0.370 e. The molecular weight excluding hydrogens is 536 g/mol. The summed E-state index contributed by atoms with van der Waals surface area (Å²) in [4.78, 5) is 19.6. The molecule has 0 aliphatic rings. The summed E-state index contributed by atoms with van der Waals surface area (Å²) < 4.78 is 37.6. The van der Waals surface area contributed by atoms with Crippen molar-refractivity contribution < 1.29 is 18.0 Å². The van der Waals surface area contributed by atoms with Crippen LogP contribution in [0.1, 0.15) is 27.9 Å². The number of carbonyl (C=O) groups is 1. The maximum atomic E-state index is 12.5. The standard InChI is InChI=1S/C21H27F3N6O.HI/c1-25-19(31)16-6-3-5-15(13-16)9-12-29-20(26-2)28-11-4-10-27-18-8-7-17(14-30-18)21(22,23)24;/h3,5-8,13-14H,4,9-12H2,1-2H3,(H,25,31)(H,27,30)(H2,26,28,29);1H. The summed E-state index contributed by atoms with van der Waals surface area (Å²) in [5.74, 6) is 0.928. The van der Waals surface area contributed by atoms with Crippen LogP contribution in [0.5, 0.6) is 0 Å². The van der Waals surface area contributed by atoms with Crippen LogP contribution in [0.25, 0.3) is 0 Å². The lowest BCUT2D eigenvalue weighted by Crippen LogP contribution is -2.39. The molecule has 176 valence electrons. The molecule has 0 saturated heterocycles. The number of rotatable bonds is 9. The van der Waals surface area contributed by atoms with Crippen LogP contribution in [0.4, 0.5) is 19.0 Å². The van der Waals surface area contributed by atoms with Crippen molar-refractivity contribution in [2.75, 3.05) is 39.0 Å². The number of hydrogen-bond acceptors (Lipinski definition) is 4. The van der Waals surface area contributed by atoms with Gasteiger partial charge < -0.3 is 21.3 Å². The highest BCUT2D eigenvalue weighted by Gasteiger charge is 2.30. The van der Waals surface area contributed by atoms with E-state index in [4.69, 9.17) is 0 Å². The molecule has 7 nitrogen and oxygen atoms in total. The van der Waals surface area contributed by atoms with E-state index in [1.54, 1.807) is 20.2 Å². The Balaban J connectivity index is 0.00000512. The Morgan fingerprint density at radius 2 is 1.84 bits per heavy atom. The lowest BCUT2D eigenvalue weighted by atomic mass is 10.1. The molecule has 0 unspecified atom stereocenters. The fourth-order valence-electron chi connectivity index (χ4n) is 2.74. The van der Waals surface area contributed by atoms with E-state index in [1.165, 1.54) is 6.07 Å². The van der Waals surface area contributed by atoms with Crippen molar-refractivity contribution in [1.29, 1.82) is 0 Å². The first-order valence-corrected chi connectivity index (χ1v) is 9.86. The third-order valence-corrected chi connectivity index (χ3v) is 4.39. The van der Waals surface area contributed by atoms with Crippen molar-refractivity contribution in [3.8, 4) is 0 Å². The number of carbonyl (C=O) groups excluding carboxylic acids is 1. The second kappa shape index (κ2) is 13.8. The van der Waals surface area contributed by atoms with Crippen LogP contribution in [0.2, 0.25) is 0 Å². The Kier molecular flexibility index (Phi) is 11.8. The molecule has 0 aliphatic carbocycles. The number of halogens is 4. The van der Waals surface area contributed by atoms with Gasteiger partial charge in [0.05, 0.1) is 5.56 Å². The molecule has 32 heavy (non-hydrogen) atoms. The summed E-state index contributed by atoms with van der Waals surface area (Å²) >= 11 is 0. The zero-order valence-corrected chi connectivity index (χ0v) is 20.3. The monoisotopic (exact) mass is 564 g/mol. The van der Waals surface area contributed by atoms with Crippen molar-refractivity contribution in [3.63, 3.8) is 0 Å². The maximum absolute atomic E-state index is 12.5. The minimum atomic E-state index is -4.38. The first-order valence-electron chi connectivity index (χ1n) is 9.86. The third kappa shape index (κ3) is 9.28. The predicted molar refractivity (Wildman–Crippen MR) is 131 cm³/mol. The zero-order chi connectivity index (χ0) is 22.7. The van der Waals surface area contributed by atoms with Gasteiger partial charge >= 0.3 is 6.18 Å². The van der Waals surface area contributed by atoms with Crippen LogP contribution in [0.3, 0.4) is 0 Å². The topological polar surface area (TPSA) is 90.4 Å². The summed E-state index contributed by atoms with van der Waals surface area (Å²) in [7, 11) is 3.27. The van der Waals surface area contributed by atoms with E-state index in [0.29, 0.717) is 37.0 Å². The Labute approximate surface area is 202 Å². The molecule has 2 aromatic rings. The van der Waals surface area contributed by atoms with Gasteiger partial charge in [0.25, 0.3) is 5.91 Å². The van der Waals surface area contributed by atoms with Gasteiger partial charge in [-0.2, -0.15) is 13.2 Å². The van der Waals surface area contributed by atoms with Crippen molar-refractivity contribution >= 4 is 41.7 Å². The molecule has 0 bridgehead atoms. The number of amides is 1.